The normalized spacial score (nSPS) is 14.3. The van der Waals surface area contributed by atoms with Gasteiger partial charge in [0.1, 0.15) is 0 Å². The van der Waals surface area contributed by atoms with Crippen LogP contribution in [0.2, 0.25) is 0 Å². The fourth-order valence-corrected chi connectivity index (χ4v) is 1.57. The van der Waals surface area contributed by atoms with E-state index in [0.29, 0.717) is 6.07 Å². The van der Waals surface area contributed by atoms with Crippen molar-refractivity contribution in [3.63, 3.8) is 0 Å². The Morgan fingerprint density at radius 3 is 1.79 bits per heavy atom. The minimum Gasteiger partial charge on any atom is -0.362 e. The fraction of sp³-hybridized carbons (Fsp3) is 0.600. The van der Waals surface area contributed by atoms with E-state index in [1.54, 1.807) is 0 Å². The van der Waals surface area contributed by atoms with Gasteiger partial charge in [-0.05, 0) is 19.9 Å². The largest absolute Gasteiger partial charge is 0.382 e. The summed E-state index contributed by atoms with van der Waals surface area (Å²) in [7, 11) is 0. The third-order valence-electron chi connectivity index (χ3n) is 2.57. The van der Waals surface area contributed by atoms with E-state index in [2.05, 4.69) is 4.98 Å². The molecule has 1 aromatic heterocycles. The van der Waals surface area contributed by atoms with Gasteiger partial charge >= 0.3 is 24.2 Å². The van der Waals surface area contributed by atoms with Gasteiger partial charge < -0.3 is 4.98 Å². The van der Waals surface area contributed by atoms with E-state index in [0.717, 1.165) is 6.92 Å². The van der Waals surface area contributed by atoms with Crippen LogP contribution in [-0.4, -0.2) is 23.3 Å². The Morgan fingerprint density at radius 1 is 1.00 bits per heavy atom. The van der Waals surface area contributed by atoms with E-state index in [1.807, 2.05) is 0 Å². The summed E-state index contributed by atoms with van der Waals surface area (Å²) >= 11 is 0. The lowest BCUT2D eigenvalue weighted by molar-refractivity contribution is -0.343. The van der Waals surface area contributed by atoms with Gasteiger partial charge in [-0.2, -0.15) is 26.3 Å². The molecule has 9 heteroatoms. The second-order valence-electron chi connectivity index (χ2n) is 4.06. The lowest BCUT2D eigenvalue weighted by atomic mass is 9.97. The lowest BCUT2D eigenvalue weighted by Crippen LogP contribution is -2.56. The van der Waals surface area contributed by atoms with Gasteiger partial charge in [0.05, 0.1) is 0 Å². The highest BCUT2D eigenvalue weighted by molar-refractivity contribution is 5.31. The molecule has 0 saturated heterocycles. The van der Waals surface area contributed by atoms with Crippen LogP contribution >= 0.6 is 0 Å². The fourth-order valence-electron chi connectivity index (χ4n) is 1.57. The first-order valence-corrected chi connectivity index (χ1v) is 4.94. The predicted molar refractivity (Wildman–Crippen MR) is 50.1 cm³/mol. The van der Waals surface area contributed by atoms with Crippen LogP contribution in [0.25, 0.3) is 0 Å². The van der Waals surface area contributed by atoms with Crippen molar-refractivity contribution in [2.45, 2.75) is 38.0 Å². The van der Waals surface area contributed by atoms with Crippen LogP contribution in [0, 0.1) is 13.8 Å². The number of hydrogen-bond acceptors (Lipinski definition) is 0. The Hall–Kier alpha value is -1.28. The van der Waals surface area contributed by atoms with Crippen molar-refractivity contribution in [3.05, 3.63) is 23.0 Å². The number of aromatic nitrogens is 1. The second-order valence-corrected chi connectivity index (χ2v) is 4.06. The van der Waals surface area contributed by atoms with E-state index in [9.17, 15) is 35.1 Å². The molecule has 1 aromatic rings. The van der Waals surface area contributed by atoms with Gasteiger partial charge in [-0.25, -0.2) is 8.78 Å². The van der Waals surface area contributed by atoms with Crippen molar-refractivity contribution in [2.75, 3.05) is 0 Å². The van der Waals surface area contributed by atoms with E-state index in [1.165, 1.54) is 6.92 Å². The highest BCUT2D eigenvalue weighted by Gasteiger charge is 2.76. The van der Waals surface area contributed by atoms with Gasteiger partial charge in [0.25, 0.3) is 0 Å². The average molecular weight is 295 g/mol. The number of aromatic amines is 1. The Bertz CT molecular complexity index is 462. The Balaban J connectivity index is 3.37. The minimum absolute atomic E-state index is 0.0170. The number of alkyl halides is 8. The molecule has 0 aromatic carbocycles. The molecule has 0 saturated carbocycles. The summed E-state index contributed by atoms with van der Waals surface area (Å²) in [6.45, 7) is 2.18. The first-order chi connectivity index (χ1) is 8.35. The number of H-pyrrole nitrogens is 1. The zero-order chi connectivity index (χ0) is 15.2. The standard InChI is InChI=1S/C10H9F8N/c1-4-3-6(5(2)19-4)8(13,14)10(17,18)9(15,16)7(11)12/h3,7,19H,1-2H3. The molecule has 1 rings (SSSR count). The molecule has 0 amide bonds. The number of rotatable bonds is 4. The van der Waals surface area contributed by atoms with Crippen molar-refractivity contribution >= 4 is 0 Å². The quantitative estimate of drug-likeness (QED) is 0.799. The number of nitrogens with one attached hydrogen (secondary N) is 1. The zero-order valence-corrected chi connectivity index (χ0v) is 9.68. The number of aryl methyl sites for hydroxylation is 2. The van der Waals surface area contributed by atoms with Crippen LogP contribution in [0.15, 0.2) is 6.07 Å². The van der Waals surface area contributed by atoms with Crippen LogP contribution < -0.4 is 0 Å². The highest BCUT2D eigenvalue weighted by atomic mass is 19.4. The van der Waals surface area contributed by atoms with Crippen molar-refractivity contribution in [2.24, 2.45) is 0 Å². The first kappa shape index (κ1) is 15.8. The molecule has 0 unspecified atom stereocenters. The molecule has 0 radical (unpaired) electrons. The maximum atomic E-state index is 13.5. The third-order valence-corrected chi connectivity index (χ3v) is 2.57. The summed E-state index contributed by atoms with van der Waals surface area (Å²) in [5.74, 6) is -17.8. The van der Waals surface area contributed by atoms with Crippen molar-refractivity contribution in [3.8, 4) is 0 Å². The maximum absolute atomic E-state index is 13.5. The molecule has 1 N–H and O–H groups in total. The van der Waals surface area contributed by atoms with Gasteiger partial charge in [0.2, 0.25) is 0 Å². The zero-order valence-electron chi connectivity index (χ0n) is 9.68. The average Bonchev–Trinajstić information content (AvgIpc) is 2.57. The Labute approximate surface area is 102 Å². The Morgan fingerprint density at radius 2 is 1.47 bits per heavy atom. The molecule has 1 nitrogen and oxygen atoms in total. The number of halogens is 8. The molecule has 0 bridgehead atoms. The van der Waals surface area contributed by atoms with Crippen LogP contribution in [0.5, 0.6) is 0 Å². The predicted octanol–water partition coefficient (Wildman–Crippen LogP) is 4.26. The minimum atomic E-state index is -6.21. The summed E-state index contributed by atoms with van der Waals surface area (Å²) in [6, 6.07) is 0.519. The highest BCUT2D eigenvalue weighted by Crippen LogP contribution is 2.53. The van der Waals surface area contributed by atoms with E-state index in [4.69, 9.17) is 0 Å². The molecular weight excluding hydrogens is 286 g/mol. The molecule has 0 spiro atoms. The van der Waals surface area contributed by atoms with Crippen molar-refractivity contribution in [1.29, 1.82) is 0 Å². The van der Waals surface area contributed by atoms with E-state index >= 15 is 0 Å². The monoisotopic (exact) mass is 295 g/mol. The third kappa shape index (κ3) is 2.18. The maximum Gasteiger partial charge on any atom is 0.382 e. The molecule has 0 aliphatic carbocycles. The van der Waals surface area contributed by atoms with Gasteiger partial charge in [-0.1, -0.05) is 0 Å². The summed E-state index contributed by atoms with van der Waals surface area (Å²) in [5.41, 5.74) is -1.91. The van der Waals surface area contributed by atoms with Gasteiger partial charge in [-0.3, -0.25) is 0 Å². The lowest BCUT2D eigenvalue weighted by Gasteiger charge is -2.32. The molecule has 19 heavy (non-hydrogen) atoms. The van der Waals surface area contributed by atoms with E-state index < -0.39 is 35.5 Å². The van der Waals surface area contributed by atoms with Gasteiger partial charge in [-0.15, -0.1) is 0 Å². The summed E-state index contributed by atoms with van der Waals surface area (Å²) < 4.78 is 102. The molecule has 110 valence electrons. The van der Waals surface area contributed by atoms with Crippen molar-refractivity contribution < 1.29 is 35.1 Å². The molecule has 0 aliphatic heterocycles. The topological polar surface area (TPSA) is 15.8 Å². The second kappa shape index (κ2) is 4.38. The van der Waals surface area contributed by atoms with Crippen LogP contribution in [0.4, 0.5) is 35.1 Å². The summed E-state index contributed by atoms with van der Waals surface area (Å²) in [5, 5.41) is 0. The smallest absolute Gasteiger partial charge is 0.362 e. The summed E-state index contributed by atoms with van der Waals surface area (Å²) in [6.07, 6.45) is -4.91. The van der Waals surface area contributed by atoms with Crippen LogP contribution in [-0.2, 0) is 5.92 Å². The summed E-state index contributed by atoms with van der Waals surface area (Å²) in [4.78, 5) is 2.22. The van der Waals surface area contributed by atoms with Crippen LogP contribution in [0.3, 0.4) is 0 Å². The molecule has 0 aliphatic rings. The van der Waals surface area contributed by atoms with Crippen LogP contribution in [0.1, 0.15) is 17.0 Å². The van der Waals surface area contributed by atoms with Crippen molar-refractivity contribution in [1.82, 2.24) is 4.98 Å². The van der Waals surface area contributed by atoms with Gasteiger partial charge in [0, 0.05) is 17.0 Å². The molecule has 0 atom stereocenters. The molecular formula is C10H9F8N. The molecule has 0 fully saturated rings. The van der Waals surface area contributed by atoms with E-state index in [-0.39, 0.29) is 5.69 Å². The number of hydrogen-bond donors (Lipinski definition) is 1. The van der Waals surface area contributed by atoms with Gasteiger partial charge in [0.15, 0.2) is 0 Å². The first-order valence-electron chi connectivity index (χ1n) is 4.94. The Kier molecular flexibility index (Phi) is 3.64. The SMILES string of the molecule is Cc1cc(C(F)(F)C(F)(F)C(F)(F)C(F)F)c(C)[nH]1. The molecule has 1 heterocycles.